The lowest BCUT2D eigenvalue weighted by Gasteiger charge is -2.33. The van der Waals surface area contributed by atoms with E-state index in [4.69, 9.17) is 14.2 Å². The van der Waals surface area contributed by atoms with Crippen LogP contribution < -0.4 is 9.47 Å². The number of ether oxygens (including phenoxy) is 3. The molecule has 5 nitrogen and oxygen atoms in total. The van der Waals surface area contributed by atoms with E-state index in [1.165, 1.54) is 12.1 Å². The molecule has 1 aromatic heterocycles. The Labute approximate surface area is 163 Å². The highest BCUT2D eigenvalue weighted by molar-refractivity contribution is 5.82. The fourth-order valence-corrected chi connectivity index (χ4v) is 3.65. The molecule has 4 rings (SSSR count). The summed E-state index contributed by atoms with van der Waals surface area (Å²) in [5.74, 6) is 1.23. The summed E-state index contributed by atoms with van der Waals surface area (Å²) in [6.45, 7) is 2.86. The van der Waals surface area contributed by atoms with Crippen LogP contribution in [0.3, 0.4) is 0 Å². The van der Waals surface area contributed by atoms with Crippen molar-refractivity contribution >= 4 is 10.8 Å². The Morgan fingerprint density at radius 1 is 1.14 bits per heavy atom. The molecule has 0 radical (unpaired) electrons. The average molecular weight is 382 g/mol. The van der Waals surface area contributed by atoms with Gasteiger partial charge in [-0.15, -0.1) is 0 Å². The van der Waals surface area contributed by atoms with Crippen molar-refractivity contribution in [2.75, 3.05) is 33.9 Å². The summed E-state index contributed by atoms with van der Waals surface area (Å²) in [6.07, 6.45) is 1.62. The van der Waals surface area contributed by atoms with Gasteiger partial charge < -0.3 is 14.2 Å². The molecule has 0 aliphatic carbocycles. The van der Waals surface area contributed by atoms with E-state index < -0.39 is 0 Å². The van der Waals surface area contributed by atoms with Gasteiger partial charge in [0, 0.05) is 36.8 Å². The van der Waals surface area contributed by atoms with Gasteiger partial charge in [-0.25, -0.2) is 4.39 Å². The maximum absolute atomic E-state index is 13.6. The number of rotatable bonds is 5. The predicted molar refractivity (Wildman–Crippen MR) is 105 cm³/mol. The molecule has 0 bridgehead atoms. The summed E-state index contributed by atoms with van der Waals surface area (Å²) in [4.78, 5) is 6.85. The van der Waals surface area contributed by atoms with E-state index in [-0.39, 0.29) is 11.9 Å². The number of fused-ring (bicyclic) bond motifs is 1. The second-order valence-corrected chi connectivity index (χ2v) is 6.85. The molecule has 0 amide bonds. The number of halogens is 1. The number of aromatic nitrogens is 1. The predicted octanol–water partition coefficient (Wildman–Crippen LogP) is 3.96. The van der Waals surface area contributed by atoms with E-state index in [2.05, 4.69) is 9.88 Å². The molecular formula is C22H23FN2O3. The van der Waals surface area contributed by atoms with Crippen molar-refractivity contribution in [1.82, 2.24) is 9.88 Å². The van der Waals surface area contributed by atoms with Crippen molar-refractivity contribution in [1.29, 1.82) is 0 Å². The van der Waals surface area contributed by atoms with Crippen LogP contribution in [0.1, 0.15) is 17.4 Å². The summed E-state index contributed by atoms with van der Waals surface area (Å²) in [5.41, 5.74) is 1.89. The average Bonchev–Trinajstić information content (AvgIpc) is 2.73. The van der Waals surface area contributed by atoms with Crippen LogP contribution in [-0.2, 0) is 11.3 Å². The molecule has 0 saturated carbocycles. The fourth-order valence-electron chi connectivity index (χ4n) is 3.65. The molecule has 1 atom stereocenters. The first-order chi connectivity index (χ1) is 13.7. The Kier molecular flexibility index (Phi) is 5.41. The van der Waals surface area contributed by atoms with Crippen molar-refractivity contribution in [3.8, 4) is 11.5 Å². The van der Waals surface area contributed by atoms with Crippen LogP contribution >= 0.6 is 0 Å². The first-order valence-corrected chi connectivity index (χ1v) is 9.27. The van der Waals surface area contributed by atoms with Crippen LogP contribution in [0.2, 0.25) is 0 Å². The molecule has 0 spiro atoms. The van der Waals surface area contributed by atoms with Gasteiger partial charge in [0.25, 0.3) is 0 Å². The molecule has 146 valence electrons. The Balaban J connectivity index is 1.54. The molecule has 28 heavy (non-hydrogen) atoms. The van der Waals surface area contributed by atoms with Crippen LogP contribution in [-0.4, -0.2) is 43.8 Å². The number of nitrogens with zero attached hydrogens (tertiary/aromatic N) is 2. The normalized spacial score (nSPS) is 17.6. The van der Waals surface area contributed by atoms with Gasteiger partial charge in [-0.1, -0.05) is 12.1 Å². The lowest BCUT2D eigenvalue weighted by Crippen LogP contribution is -2.38. The van der Waals surface area contributed by atoms with Gasteiger partial charge >= 0.3 is 0 Å². The van der Waals surface area contributed by atoms with Crippen molar-refractivity contribution in [3.63, 3.8) is 0 Å². The van der Waals surface area contributed by atoms with Gasteiger partial charge in [0.05, 0.1) is 26.5 Å². The van der Waals surface area contributed by atoms with Gasteiger partial charge in [-0.2, -0.15) is 0 Å². The molecule has 1 saturated heterocycles. The number of methoxy groups -OCH3 is 2. The molecule has 1 aliphatic rings. The van der Waals surface area contributed by atoms with Gasteiger partial charge in [0.15, 0.2) is 11.5 Å². The Morgan fingerprint density at radius 3 is 2.86 bits per heavy atom. The first-order valence-electron chi connectivity index (χ1n) is 9.27. The summed E-state index contributed by atoms with van der Waals surface area (Å²) in [7, 11) is 3.29. The van der Waals surface area contributed by atoms with Crippen molar-refractivity contribution < 1.29 is 18.6 Å². The molecule has 0 unspecified atom stereocenters. The lowest BCUT2D eigenvalue weighted by atomic mass is 10.1. The molecule has 6 heteroatoms. The molecule has 1 fully saturated rings. The molecular weight excluding hydrogens is 359 g/mol. The highest BCUT2D eigenvalue weighted by atomic mass is 19.1. The Bertz CT molecular complexity index is 979. The second kappa shape index (κ2) is 8.12. The van der Waals surface area contributed by atoms with E-state index in [9.17, 15) is 4.39 Å². The van der Waals surface area contributed by atoms with Gasteiger partial charge in [-0.05, 0) is 35.7 Å². The van der Waals surface area contributed by atoms with Crippen LogP contribution in [0.25, 0.3) is 10.8 Å². The smallest absolute Gasteiger partial charge is 0.165 e. The third kappa shape index (κ3) is 3.79. The van der Waals surface area contributed by atoms with E-state index in [0.29, 0.717) is 13.2 Å². The summed E-state index contributed by atoms with van der Waals surface area (Å²) < 4.78 is 30.5. The Hall–Kier alpha value is -2.70. The zero-order chi connectivity index (χ0) is 19.5. The third-order valence-corrected chi connectivity index (χ3v) is 5.06. The number of pyridine rings is 1. The summed E-state index contributed by atoms with van der Waals surface area (Å²) >= 11 is 0. The number of morpholine rings is 1. The molecule has 1 aliphatic heterocycles. The van der Waals surface area contributed by atoms with Crippen molar-refractivity contribution in [3.05, 3.63) is 65.7 Å². The zero-order valence-corrected chi connectivity index (χ0v) is 16.0. The van der Waals surface area contributed by atoms with Crippen molar-refractivity contribution in [2.45, 2.75) is 12.6 Å². The monoisotopic (exact) mass is 382 g/mol. The van der Waals surface area contributed by atoms with Crippen molar-refractivity contribution in [2.24, 2.45) is 0 Å². The summed E-state index contributed by atoms with van der Waals surface area (Å²) in [5, 5.41) is 1.75. The Morgan fingerprint density at radius 2 is 2.04 bits per heavy atom. The molecule has 3 aromatic rings. The molecule has 2 heterocycles. The second-order valence-electron chi connectivity index (χ2n) is 6.85. The number of hydrogen-bond donors (Lipinski definition) is 0. The van der Waals surface area contributed by atoms with Crippen LogP contribution in [0.15, 0.2) is 48.7 Å². The van der Waals surface area contributed by atoms with Gasteiger partial charge in [-0.3, -0.25) is 9.88 Å². The first kappa shape index (κ1) is 18.7. The van der Waals surface area contributed by atoms with Gasteiger partial charge in [0.1, 0.15) is 11.9 Å². The number of para-hydroxylation sites is 1. The van der Waals surface area contributed by atoms with E-state index in [1.54, 1.807) is 26.5 Å². The topological polar surface area (TPSA) is 43.8 Å². The largest absolute Gasteiger partial charge is 0.493 e. The van der Waals surface area contributed by atoms with E-state index in [1.807, 2.05) is 24.3 Å². The maximum Gasteiger partial charge on any atom is 0.165 e. The lowest BCUT2D eigenvalue weighted by molar-refractivity contribution is -0.0351. The minimum atomic E-state index is -0.249. The number of benzene rings is 2. The standard InChI is InChI=1S/C22H23FN2O3/c1-26-20-5-3-4-16(22(20)27-2)13-25-8-9-28-21(14-25)19-11-17-10-18(23)7-6-15(17)12-24-19/h3-7,10-12,21H,8-9,13-14H2,1-2H3/t21-/m1/s1. The highest BCUT2D eigenvalue weighted by Crippen LogP contribution is 2.32. The minimum Gasteiger partial charge on any atom is -0.493 e. The summed E-state index contributed by atoms with van der Waals surface area (Å²) in [6, 6.07) is 12.5. The zero-order valence-electron chi connectivity index (χ0n) is 16.0. The maximum atomic E-state index is 13.6. The third-order valence-electron chi connectivity index (χ3n) is 5.06. The number of hydrogen-bond acceptors (Lipinski definition) is 5. The van der Waals surface area contributed by atoms with E-state index in [0.717, 1.165) is 46.6 Å². The van der Waals surface area contributed by atoms with E-state index >= 15 is 0 Å². The van der Waals surface area contributed by atoms with Gasteiger partial charge in [0.2, 0.25) is 0 Å². The minimum absolute atomic E-state index is 0.155. The highest BCUT2D eigenvalue weighted by Gasteiger charge is 2.24. The van der Waals surface area contributed by atoms with Crippen LogP contribution in [0.5, 0.6) is 11.5 Å². The molecule has 0 N–H and O–H groups in total. The van der Waals surface area contributed by atoms with Crippen LogP contribution in [0.4, 0.5) is 4.39 Å². The quantitative estimate of drug-likeness (QED) is 0.668. The SMILES string of the molecule is COc1cccc(CN2CCO[C@@H](c3cc4cc(F)ccc4cn3)C2)c1OC. The molecule has 2 aromatic carbocycles. The fraction of sp³-hybridized carbons (Fsp3) is 0.318. The van der Waals surface area contributed by atoms with Crippen LogP contribution in [0, 0.1) is 5.82 Å².